The summed E-state index contributed by atoms with van der Waals surface area (Å²) in [5.41, 5.74) is 1.95. The summed E-state index contributed by atoms with van der Waals surface area (Å²) >= 11 is 0. The van der Waals surface area contributed by atoms with Crippen LogP contribution in [0.1, 0.15) is 31.2 Å². The zero-order chi connectivity index (χ0) is 27.3. The van der Waals surface area contributed by atoms with Crippen LogP contribution in [0.3, 0.4) is 0 Å². The van der Waals surface area contributed by atoms with E-state index in [-0.39, 0.29) is 11.3 Å². The molecule has 4 heterocycles. The van der Waals surface area contributed by atoms with Gasteiger partial charge in [-0.3, -0.25) is 0 Å². The third-order valence-corrected chi connectivity index (χ3v) is 10.1. The minimum atomic E-state index is -3.49. The molecule has 1 aliphatic carbocycles. The first-order valence-electron chi connectivity index (χ1n) is 13.1. The molecule has 8 nitrogen and oxygen atoms in total. The predicted octanol–water partition coefficient (Wildman–Crippen LogP) is 4.37. The van der Waals surface area contributed by atoms with Gasteiger partial charge in [-0.2, -0.15) is 0 Å². The molecule has 0 radical (unpaired) electrons. The topological polar surface area (TPSA) is 84.2 Å². The summed E-state index contributed by atoms with van der Waals surface area (Å²) in [6, 6.07) is 6.35. The van der Waals surface area contributed by atoms with Crippen molar-refractivity contribution in [3.05, 3.63) is 66.4 Å². The lowest BCUT2D eigenvalue weighted by Crippen LogP contribution is -2.42. The lowest BCUT2D eigenvalue weighted by atomic mass is 10.0. The molecule has 1 aliphatic heterocycles. The lowest BCUT2D eigenvalue weighted by molar-refractivity contribution is 0.252. The maximum absolute atomic E-state index is 15.9. The highest BCUT2D eigenvalue weighted by molar-refractivity contribution is 7.91. The van der Waals surface area contributed by atoms with E-state index in [9.17, 15) is 8.42 Å². The molecule has 4 aromatic rings. The third-order valence-electron chi connectivity index (χ3n) is 7.88. The van der Waals surface area contributed by atoms with E-state index in [1.165, 1.54) is 17.0 Å². The molecule has 2 aliphatic rings. The van der Waals surface area contributed by atoms with Crippen molar-refractivity contribution >= 4 is 26.7 Å². The summed E-state index contributed by atoms with van der Waals surface area (Å²) in [6.07, 6.45) is 9.50. The Morgan fingerprint density at radius 3 is 2.44 bits per heavy atom. The number of piperidine rings is 1. The first-order chi connectivity index (χ1) is 18.7. The van der Waals surface area contributed by atoms with Crippen molar-refractivity contribution in [3.8, 4) is 16.8 Å². The smallest absolute Gasteiger partial charge is 0.157 e. The molecule has 3 aromatic heterocycles. The van der Waals surface area contributed by atoms with Crippen molar-refractivity contribution < 1.29 is 17.2 Å². The second kappa shape index (κ2) is 9.95. The van der Waals surface area contributed by atoms with Gasteiger partial charge >= 0.3 is 0 Å². The Labute approximate surface area is 226 Å². The number of halogens is 2. The summed E-state index contributed by atoms with van der Waals surface area (Å²) in [5.74, 6) is -1.38. The highest BCUT2D eigenvalue weighted by atomic mass is 32.2. The van der Waals surface area contributed by atoms with Gasteiger partial charge in [-0.25, -0.2) is 32.2 Å². The largest absolute Gasteiger partial charge is 0.357 e. The van der Waals surface area contributed by atoms with Crippen LogP contribution < -0.4 is 4.90 Å². The van der Waals surface area contributed by atoms with Crippen molar-refractivity contribution in [2.75, 3.05) is 32.1 Å². The number of fused-ring (bicyclic) bond motifs is 1. The van der Waals surface area contributed by atoms with E-state index in [4.69, 9.17) is 4.98 Å². The van der Waals surface area contributed by atoms with Crippen LogP contribution in [-0.4, -0.2) is 71.3 Å². The number of rotatable bonds is 7. The molecule has 2 fully saturated rings. The van der Waals surface area contributed by atoms with E-state index in [1.807, 2.05) is 19.2 Å². The zero-order valence-electron chi connectivity index (χ0n) is 21.9. The third kappa shape index (κ3) is 4.89. The van der Waals surface area contributed by atoms with Gasteiger partial charge in [-0.05, 0) is 64.0 Å². The molecule has 1 aromatic carbocycles. The molecule has 204 valence electrons. The van der Waals surface area contributed by atoms with E-state index < -0.39 is 32.5 Å². The number of aromatic nitrogens is 4. The van der Waals surface area contributed by atoms with Crippen molar-refractivity contribution in [2.24, 2.45) is 0 Å². The molecule has 1 saturated heterocycles. The fraction of sp³-hybridized carbons (Fsp3) is 0.393. The molecule has 0 unspecified atom stereocenters. The van der Waals surface area contributed by atoms with E-state index in [0.717, 1.165) is 37.8 Å². The molecule has 39 heavy (non-hydrogen) atoms. The molecule has 0 spiro atoms. The average Bonchev–Trinajstić information content (AvgIpc) is 3.74. The minimum absolute atomic E-state index is 0.0451. The second-order valence-corrected chi connectivity index (χ2v) is 12.9. The van der Waals surface area contributed by atoms with Crippen LogP contribution in [0.5, 0.6) is 0 Å². The maximum Gasteiger partial charge on any atom is 0.157 e. The highest BCUT2D eigenvalue weighted by Gasteiger charge is 2.36. The standard InChI is InChI=1S/C28H30F2N6O2S/c1-34-11-9-20(10-12-34)35(2)25-8-7-24-27(33-25)22(19-13-31-17-32-14-19)15-36(24)28-23(29)6-3-18(26(28)30)16-39(37,38)21-4-5-21/h3,6-8,13-15,17,20-21H,4-5,9-12,16H2,1-2H3. The zero-order valence-corrected chi connectivity index (χ0v) is 22.7. The van der Waals surface area contributed by atoms with Crippen LogP contribution in [0.15, 0.2) is 49.2 Å². The van der Waals surface area contributed by atoms with Gasteiger partial charge in [0, 0.05) is 48.4 Å². The Morgan fingerprint density at radius 1 is 1.03 bits per heavy atom. The van der Waals surface area contributed by atoms with Crippen LogP contribution in [0.2, 0.25) is 0 Å². The highest BCUT2D eigenvalue weighted by Crippen LogP contribution is 2.36. The number of nitrogens with zero attached hydrogens (tertiary/aromatic N) is 6. The van der Waals surface area contributed by atoms with Gasteiger partial charge in [-0.1, -0.05) is 6.07 Å². The molecule has 11 heteroatoms. The number of benzene rings is 1. The molecule has 1 saturated carbocycles. The average molecular weight is 553 g/mol. The van der Waals surface area contributed by atoms with Gasteiger partial charge in [0.15, 0.2) is 15.7 Å². The SMILES string of the molecule is CN1CCC(N(C)c2ccc3c(n2)c(-c2cncnc2)cn3-c2c(F)ccc(CS(=O)(=O)C3CC3)c2F)CC1. The van der Waals surface area contributed by atoms with E-state index in [2.05, 4.69) is 26.8 Å². The van der Waals surface area contributed by atoms with E-state index in [1.54, 1.807) is 18.6 Å². The number of hydrogen-bond acceptors (Lipinski definition) is 7. The maximum atomic E-state index is 15.9. The Balaban J connectivity index is 1.48. The van der Waals surface area contributed by atoms with Crippen molar-refractivity contribution in [1.29, 1.82) is 0 Å². The van der Waals surface area contributed by atoms with Crippen LogP contribution in [0.25, 0.3) is 27.8 Å². The lowest BCUT2D eigenvalue weighted by Gasteiger charge is -2.35. The van der Waals surface area contributed by atoms with E-state index >= 15 is 8.78 Å². The first-order valence-corrected chi connectivity index (χ1v) is 14.8. The predicted molar refractivity (Wildman–Crippen MR) is 147 cm³/mol. The number of anilines is 1. The molecular formula is C28H30F2N6O2S. The van der Waals surface area contributed by atoms with Gasteiger partial charge in [0.05, 0.1) is 22.0 Å². The van der Waals surface area contributed by atoms with Crippen molar-refractivity contribution in [1.82, 2.24) is 24.4 Å². The molecular weight excluding hydrogens is 522 g/mol. The van der Waals surface area contributed by atoms with Gasteiger partial charge in [0.2, 0.25) is 0 Å². The Morgan fingerprint density at radius 2 is 1.74 bits per heavy atom. The molecule has 0 amide bonds. The number of sulfone groups is 1. The van der Waals surface area contributed by atoms with Gasteiger partial charge in [-0.15, -0.1) is 0 Å². The first kappa shape index (κ1) is 25.8. The number of likely N-dealkylation sites (tertiary alicyclic amines) is 1. The quantitative estimate of drug-likeness (QED) is 0.337. The summed E-state index contributed by atoms with van der Waals surface area (Å²) in [7, 11) is 0.647. The van der Waals surface area contributed by atoms with E-state index in [0.29, 0.717) is 41.0 Å². The normalized spacial score (nSPS) is 17.1. The number of pyridine rings is 1. The molecule has 0 bridgehead atoms. The summed E-state index contributed by atoms with van der Waals surface area (Å²) in [5, 5.41) is -0.438. The van der Waals surface area contributed by atoms with Crippen LogP contribution in [-0.2, 0) is 15.6 Å². The van der Waals surface area contributed by atoms with Crippen LogP contribution in [0.4, 0.5) is 14.6 Å². The Kier molecular flexibility index (Phi) is 6.58. The second-order valence-electron chi connectivity index (χ2n) is 10.6. The monoisotopic (exact) mass is 552 g/mol. The molecule has 0 N–H and O–H groups in total. The Hall–Kier alpha value is -3.44. The minimum Gasteiger partial charge on any atom is -0.357 e. The summed E-state index contributed by atoms with van der Waals surface area (Å²) in [6.45, 7) is 2.01. The molecule has 6 rings (SSSR count). The summed E-state index contributed by atoms with van der Waals surface area (Å²) < 4.78 is 57.8. The van der Waals surface area contributed by atoms with Gasteiger partial charge in [0.25, 0.3) is 0 Å². The fourth-order valence-electron chi connectivity index (χ4n) is 5.37. The van der Waals surface area contributed by atoms with Crippen LogP contribution in [0, 0.1) is 11.6 Å². The molecule has 0 atom stereocenters. The Bertz CT molecular complexity index is 1630. The number of hydrogen-bond donors (Lipinski definition) is 0. The summed E-state index contributed by atoms with van der Waals surface area (Å²) in [4.78, 5) is 17.7. The van der Waals surface area contributed by atoms with Gasteiger partial charge < -0.3 is 14.4 Å². The van der Waals surface area contributed by atoms with Crippen LogP contribution >= 0.6 is 0 Å². The van der Waals surface area contributed by atoms with Crippen molar-refractivity contribution in [2.45, 2.75) is 42.7 Å². The van der Waals surface area contributed by atoms with Crippen molar-refractivity contribution in [3.63, 3.8) is 0 Å². The van der Waals surface area contributed by atoms with Gasteiger partial charge in [0.1, 0.15) is 23.6 Å². The fourth-order valence-corrected chi connectivity index (χ4v) is 7.12.